The zero-order chi connectivity index (χ0) is 40.0. The number of carboxylic acid groups (broad SMARTS) is 1. The number of nitrogens with one attached hydrogen (secondary N) is 1. The molecule has 0 amide bonds. The number of alkyl halides is 3. The number of rotatable bonds is 7. The summed E-state index contributed by atoms with van der Waals surface area (Å²) in [5.74, 6) is -1.85. The average molecular weight is 913 g/mol. The standard InChI is InChI=1S/C16H14ClF3N2O4.C7H3Br2NO.C3H8NO5P.C3H9S/c1-8(2)26-14(24)10-6-9(4-5-11(10)17)22-13(23)7-12(16(18,19)20)21(3)15(22)25;8-5-1-4(3-10)2-6(9)7(5)11;5-3(6)1-4-2-10(7,8)9;1-4(2)3/h4-8H,1-3H3;1-2,11H;4H,1-2H2,(H,5,6)(H2,7,8,9);1-3H3/q;;;+1/p-1. The Morgan fingerprint density at radius 2 is 1.65 bits per heavy atom. The van der Waals surface area contributed by atoms with Crippen molar-refractivity contribution in [3.63, 3.8) is 0 Å². The van der Waals surface area contributed by atoms with Gasteiger partial charge in [-0.2, -0.15) is 18.4 Å². The Kier molecular flexibility index (Phi) is 20.1. The molecule has 0 saturated carbocycles. The molecule has 0 fully saturated rings. The molecule has 1 unspecified atom stereocenters. The highest BCUT2D eigenvalue weighted by Gasteiger charge is 2.35. The van der Waals surface area contributed by atoms with Crippen LogP contribution in [-0.2, 0) is 38.2 Å². The fourth-order valence-electron chi connectivity index (χ4n) is 3.16. The molecule has 282 valence electrons. The number of aromatic hydroxyl groups is 1. The number of phenolic OH excluding ortho intramolecular Hbond substituents is 1. The number of hydrogen-bond acceptors (Lipinski definition) is 10. The van der Waals surface area contributed by atoms with Crippen molar-refractivity contribution < 1.29 is 52.1 Å². The van der Waals surface area contributed by atoms with E-state index in [0.29, 0.717) is 40.6 Å². The lowest BCUT2D eigenvalue weighted by Gasteiger charge is -2.15. The van der Waals surface area contributed by atoms with E-state index in [9.17, 15) is 46.9 Å². The molecule has 0 bridgehead atoms. The molecule has 0 aliphatic heterocycles. The number of ether oxygens (including phenoxy) is 1. The first kappa shape index (κ1) is 47.8. The van der Waals surface area contributed by atoms with Crippen LogP contribution in [0, 0.1) is 11.3 Å². The molecule has 1 heterocycles. The molecule has 2 aromatic carbocycles. The van der Waals surface area contributed by atoms with Crippen molar-refractivity contribution in [2.24, 2.45) is 7.05 Å². The van der Waals surface area contributed by atoms with E-state index < -0.39 is 61.6 Å². The van der Waals surface area contributed by atoms with Crippen LogP contribution in [0.15, 0.2) is 54.9 Å². The fraction of sp³-hybridized carbons (Fsp3) is 0.345. The number of aliphatic carboxylic acids is 1. The molecule has 51 heavy (non-hydrogen) atoms. The van der Waals surface area contributed by atoms with E-state index in [2.05, 4.69) is 50.6 Å². The summed E-state index contributed by atoms with van der Waals surface area (Å²) < 4.78 is 55.5. The maximum atomic E-state index is 12.9. The Labute approximate surface area is 314 Å². The van der Waals surface area contributed by atoms with E-state index in [1.54, 1.807) is 26.0 Å². The van der Waals surface area contributed by atoms with Crippen molar-refractivity contribution in [1.82, 2.24) is 14.5 Å². The van der Waals surface area contributed by atoms with Gasteiger partial charge in [-0.1, -0.05) is 11.6 Å². The normalized spacial score (nSPS) is 11.8. The molecule has 0 aliphatic rings. The average Bonchev–Trinajstić information content (AvgIpc) is 2.97. The molecular formula is C29H33Br2ClF3N4O10PS. The van der Waals surface area contributed by atoms with Gasteiger partial charge in [-0.05, 0) is 86.9 Å². The molecule has 3 aromatic rings. The van der Waals surface area contributed by atoms with Crippen molar-refractivity contribution in [2.75, 3.05) is 31.6 Å². The molecule has 1 aromatic heterocycles. The van der Waals surface area contributed by atoms with Crippen LogP contribution in [0.5, 0.6) is 5.75 Å². The van der Waals surface area contributed by atoms with Crippen LogP contribution in [0.1, 0.15) is 35.5 Å². The van der Waals surface area contributed by atoms with Gasteiger partial charge in [-0.15, -0.1) is 0 Å². The van der Waals surface area contributed by atoms with E-state index in [0.717, 1.165) is 13.1 Å². The number of benzene rings is 2. The highest BCUT2D eigenvalue weighted by atomic mass is 79.9. The predicted octanol–water partition coefficient (Wildman–Crippen LogP) is 4.22. The van der Waals surface area contributed by atoms with E-state index in [-0.39, 0.29) is 22.0 Å². The first-order valence-electron chi connectivity index (χ1n) is 13.7. The molecule has 14 nitrogen and oxygen atoms in total. The Balaban J connectivity index is 0.000000819. The Morgan fingerprint density at radius 1 is 1.14 bits per heavy atom. The Morgan fingerprint density at radius 3 is 2.06 bits per heavy atom. The molecule has 22 heteroatoms. The van der Waals surface area contributed by atoms with Gasteiger partial charge in [0.25, 0.3) is 5.56 Å². The third-order valence-electron chi connectivity index (χ3n) is 5.12. The summed E-state index contributed by atoms with van der Waals surface area (Å²) in [6.45, 7) is 2.75. The van der Waals surface area contributed by atoms with Crippen LogP contribution < -0.4 is 21.5 Å². The maximum Gasteiger partial charge on any atom is 0.431 e. The van der Waals surface area contributed by atoms with Gasteiger partial charge in [-0.25, -0.2) is 14.2 Å². The third-order valence-corrected chi connectivity index (χ3v) is 7.28. The minimum absolute atomic E-state index is 0.0104. The van der Waals surface area contributed by atoms with Crippen molar-refractivity contribution >= 4 is 73.9 Å². The van der Waals surface area contributed by atoms with Gasteiger partial charge in [0.15, 0.2) is 0 Å². The summed E-state index contributed by atoms with van der Waals surface area (Å²) >= 11 is 12.2. The predicted molar refractivity (Wildman–Crippen MR) is 192 cm³/mol. The molecular weight excluding hydrogens is 880 g/mol. The number of phenols is 1. The number of halogens is 6. The first-order chi connectivity index (χ1) is 23.2. The number of hydrogen-bond donors (Lipinski definition) is 4. The summed E-state index contributed by atoms with van der Waals surface area (Å²) in [7, 11) is -2.81. The van der Waals surface area contributed by atoms with Crippen LogP contribution in [0.3, 0.4) is 0 Å². The van der Waals surface area contributed by atoms with Gasteiger partial charge in [0.05, 0.1) is 74.6 Å². The SMILES string of the molecule is CC(C)OC(=O)c1cc(-n2c(=O)cc(C(F)(F)F)n(C)c2=O)ccc1Cl.C[S+](C)C.N#Cc1cc(Br)c(O)c(Br)c1.O=C(O)CNCP(=O)([O-])O. The number of carboxylic acids is 1. The highest BCUT2D eigenvalue weighted by molar-refractivity contribution is 9.11. The molecule has 1 atom stereocenters. The van der Waals surface area contributed by atoms with E-state index in [1.807, 2.05) is 11.4 Å². The second-order valence-electron chi connectivity index (χ2n) is 10.4. The van der Waals surface area contributed by atoms with Gasteiger partial charge in [0.2, 0.25) is 0 Å². The van der Waals surface area contributed by atoms with Gasteiger partial charge in [0.1, 0.15) is 19.0 Å². The van der Waals surface area contributed by atoms with Crippen LogP contribution in [0.4, 0.5) is 13.2 Å². The number of nitriles is 1. The van der Waals surface area contributed by atoms with Crippen molar-refractivity contribution in [3.05, 3.63) is 88.0 Å². The smallest absolute Gasteiger partial charge is 0.431 e. The minimum Gasteiger partial charge on any atom is -0.778 e. The largest absolute Gasteiger partial charge is 0.778 e. The summed E-state index contributed by atoms with van der Waals surface area (Å²) in [4.78, 5) is 64.2. The van der Waals surface area contributed by atoms with Crippen molar-refractivity contribution in [2.45, 2.75) is 26.1 Å². The molecule has 0 radical (unpaired) electrons. The molecule has 0 spiro atoms. The zero-order valence-electron chi connectivity index (χ0n) is 27.6. The molecule has 0 saturated heterocycles. The van der Waals surface area contributed by atoms with Crippen molar-refractivity contribution in [3.8, 4) is 17.5 Å². The van der Waals surface area contributed by atoms with Gasteiger partial charge >= 0.3 is 23.8 Å². The quantitative estimate of drug-likeness (QED) is 0.149. The maximum absolute atomic E-state index is 12.9. The molecule has 0 aliphatic carbocycles. The summed E-state index contributed by atoms with van der Waals surface area (Å²) in [5, 5.41) is 27.7. The Hall–Kier alpha value is -3.15. The van der Waals surface area contributed by atoms with Gasteiger partial charge in [0, 0.05) is 13.1 Å². The number of carbonyl (C=O) groups is 2. The van der Waals surface area contributed by atoms with Crippen molar-refractivity contribution in [1.29, 1.82) is 5.26 Å². The van der Waals surface area contributed by atoms with Gasteiger partial charge in [-0.3, -0.25) is 19.5 Å². The van der Waals surface area contributed by atoms with Crippen LogP contribution in [0.25, 0.3) is 5.69 Å². The summed E-state index contributed by atoms with van der Waals surface area (Å²) in [6.07, 6.45) is 0.571. The first-order valence-corrected chi connectivity index (χ1v) is 19.8. The highest BCUT2D eigenvalue weighted by Crippen LogP contribution is 2.33. The summed E-state index contributed by atoms with van der Waals surface area (Å²) in [6, 6.07) is 8.99. The zero-order valence-corrected chi connectivity index (χ0v) is 33.3. The van der Waals surface area contributed by atoms with E-state index in [1.165, 1.54) is 12.1 Å². The fourth-order valence-corrected chi connectivity index (χ4v) is 4.93. The lowest BCUT2D eigenvalue weighted by molar-refractivity contribution is -0.193. The van der Waals surface area contributed by atoms with Crippen LogP contribution in [-0.4, -0.2) is 73.9 Å². The van der Waals surface area contributed by atoms with Crippen LogP contribution in [0.2, 0.25) is 5.02 Å². The number of aromatic nitrogens is 2. The monoisotopic (exact) mass is 910 g/mol. The second-order valence-corrected chi connectivity index (χ2v) is 16.6. The minimum atomic E-state index is -4.86. The lowest BCUT2D eigenvalue weighted by atomic mass is 10.2. The lowest BCUT2D eigenvalue weighted by Crippen LogP contribution is -2.40. The van der Waals surface area contributed by atoms with Gasteiger partial charge < -0.3 is 29.3 Å². The second kappa shape index (κ2) is 21.4. The third kappa shape index (κ3) is 17.8. The number of nitrogens with zero attached hydrogens (tertiary/aromatic N) is 3. The molecule has 4 N–H and O–H groups in total. The molecule has 3 rings (SSSR count). The Bertz CT molecular complexity index is 1870. The number of carbonyl (C=O) groups excluding carboxylic acids is 1. The van der Waals surface area contributed by atoms with E-state index in [4.69, 9.17) is 31.6 Å². The summed E-state index contributed by atoms with van der Waals surface area (Å²) in [5.41, 5.74) is -3.50. The van der Waals surface area contributed by atoms with E-state index >= 15 is 0 Å². The van der Waals surface area contributed by atoms with Crippen LogP contribution >= 0.6 is 51.1 Å². The number of esters is 1. The topological polar surface area (TPSA) is 224 Å².